The minimum Gasteiger partial charge on any atom is -0.349 e. The van der Waals surface area contributed by atoms with E-state index >= 15 is 0 Å². The third-order valence-corrected chi connectivity index (χ3v) is 2.08. The van der Waals surface area contributed by atoms with Gasteiger partial charge >= 0.3 is 0 Å². The molecular formula is C13H18O2. The van der Waals surface area contributed by atoms with E-state index < -0.39 is 0 Å². The van der Waals surface area contributed by atoms with Gasteiger partial charge in [-0.3, -0.25) is 0 Å². The highest BCUT2D eigenvalue weighted by molar-refractivity contribution is 5.47. The highest BCUT2D eigenvalue weighted by Crippen LogP contribution is 2.19. The van der Waals surface area contributed by atoms with E-state index in [-0.39, 0.29) is 6.29 Å². The molecular weight excluding hydrogens is 188 g/mol. The second-order valence-electron chi connectivity index (χ2n) is 3.11. The van der Waals surface area contributed by atoms with Crippen LogP contribution in [-0.4, -0.2) is 13.2 Å². The summed E-state index contributed by atoms with van der Waals surface area (Å²) in [5, 5.41) is 0. The summed E-state index contributed by atoms with van der Waals surface area (Å²) in [6, 6.07) is 8.03. The third-order valence-electron chi connectivity index (χ3n) is 2.08. The van der Waals surface area contributed by atoms with Crippen LogP contribution in [-0.2, 0) is 9.47 Å². The Balaban J connectivity index is 2.76. The van der Waals surface area contributed by atoms with Gasteiger partial charge in [-0.2, -0.15) is 0 Å². The van der Waals surface area contributed by atoms with E-state index in [0.29, 0.717) is 13.2 Å². The van der Waals surface area contributed by atoms with E-state index in [4.69, 9.17) is 9.47 Å². The van der Waals surface area contributed by atoms with Crippen LogP contribution in [0.1, 0.15) is 31.3 Å². The van der Waals surface area contributed by atoms with Gasteiger partial charge in [0.05, 0.1) is 0 Å². The first-order valence-corrected chi connectivity index (χ1v) is 5.27. The van der Waals surface area contributed by atoms with Crippen molar-refractivity contribution < 1.29 is 9.47 Å². The summed E-state index contributed by atoms with van der Waals surface area (Å²) >= 11 is 0. The van der Waals surface area contributed by atoms with Gasteiger partial charge in [0, 0.05) is 18.8 Å². The van der Waals surface area contributed by atoms with Gasteiger partial charge in [-0.05, 0) is 19.4 Å². The summed E-state index contributed by atoms with van der Waals surface area (Å²) < 4.78 is 11.0. The van der Waals surface area contributed by atoms with Crippen molar-refractivity contribution in [2.24, 2.45) is 0 Å². The van der Waals surface area contributed by atoms with Gasteiger partial charge in [-0.1, -0.05) is 36.9 Å². The molecule has 0 aromatic heterocycles. The quantitative estimate of drug-likeness (QED) is 0.664. The molecule has 0 heterocycles. The van der Waals surface area contributed by atoms with E-state index in [1.807, 2.05) is 44.2 Å². The molecule has 0 atom stereocenters. The predicted molar refractivity (Wildman–Crippen MR) is 62.5 cm³/mol. The van der Waals surface area contributed by atoms with E-state index in [2.05, 4.69) is 6.58 Å². The normalized spacial score (nSPS) is 10.6. The molecule has 0 aliphatic rings. The Hall–Kier alpha value is -1.12. The van der Waals surface area contributed by atoms with Crippen molar-refractivity contribution >= 4 is 6.08 Å². The molecule has 1 aromatic rings. The van der Waals surface area contributed by atoms with Gasteiger partial charge in [-0.15, -0.1) is 0 Å². The molecule has 0 amide bonds. The van der Waals surface area contributed by atoms with Crippen molar-refractivity contribution in [2.75, 3.05) is 13.2 Å². The first kappa shape index (κ1) is 12.0. The number of benzene rings is 1. The fourth-order valence-electron chi connectivity index (χ4n) is 1.33. The minimum absolute atomic E-state index is 0.251. The lowest BCUT2D eigenvalue weighted by molar-refractivity contribution is -0.140. The molecule has 0 unspecified atom stereocenters. The van der Waals surface area contributed by atoms with Crippen molar-refractivity contribution in [1.29, 1.82) is 0 Å². The van der Waals surface area contributed by atoms with Gasteiger partial charge in [0.1, 0.15) is 0 Å². The summed E-state index contributed by atoms with van der Waals surface area (Å²) in [7, 11) is 0. The van der Waals surface area contributed by atoms with Crippen molar-refractivity contribution in [2.45, 2.75) is 20.1 Å². The summed E-state index contributed by atoms with van der Waals surface area (Å²) in [4.78, 5) is 0. The van der Waals surface area contributed by atoms with Crippen molar-refractivity contribution in [3.05, 3.63) is 42.0 Å². The molecule has 15 heavy (non-hydrogen) atoms. The van der Waals surface area contributed by atoms with Crippen LogP contribution in [0.2, 0.25) is 0 Å². The minimum atomic E-state index is -0.251. The van der Waals surface area contributed by atoms with E-state index in [1.165, 1.54) is 0 Å². The molecule has 0 aliphatic carbocycles. The first-order chi connectivity index (χ1) is 7.31. The molecule has 0 aliphatic heterocycles. The lowest BCUT2D eigenvalue weighted by Gasteiger charge is -2.17. The SMILES string of the molecule is C=Cc1ccc(C(OCC)OCC)cc1. The predicted octanol–water partition coefficient (Wildman–Crippen LogP) is 3.40. The van der Waals surface area contributed by atoms with Gasteiger partial charge in [0.25, 0.3) is 0 Å². The third kappa shape index (κ3) is 3.50. The maximum atomic E-state index is 5.49. The summed E-state index contributed by atoms with van der Waals surface area (Å²) in [5.74, 6) is 0. The highest BCUT2D eigenvalue weighted by Gasteiger charge is 2.09. The Morgan fingerprint density at radius 1 is 1.13 bits per heavy atom. The molecule has 0 N–H and O–H groups in total. The Bertz CT molecular complexity index is 284. The fraction of sp³-hybridized carbons (Fsp3) is 0.385. The molecule has 0 radical (unpaired) electrons. The van der Waals surface area contributed by atoms with Crippen molar-refractivity contribution in [3.8, 4) is 0 Å². The van der Waals surface area contributed by atoms with Crippen LogP contribution < -0.4 is 0 Å². The van der Waals surface area contributed by atoms with Crippen LogP contribution in [0.4, 0.5) is 0 Å². The second-order valence-corrected chi connectivity index (χ2v) is 3.11. The molecule has 0 bridgehead atoms. The lowest BCUT2D eigenvalue weighted by Crippen LogP contribution is -2.08. The molecule has 0 fully saturated rings. The maximum Gasteiger partial charge on any atom is 0.183 e. The smallest absolute Gasteiger partial charge is 0.183 e. The molecule has 0 spiro atoms. The summed E-state index contributed by atoms with van der Waals surface area (Å²) in [6.45, 7) is 8.93. The van der Waals surface area contributed by atoms with Crippen LogP contribution in [0.5, 0.6) is 0 Å². The zero-order chi connectivity index (χ0) is 11.1. The lowest BCUT2D eigenvalue weighted by atomic mass is 10.1. The molecule has 82 valence electrons. The maximum absolute atomic E-state index is 5.49. The second kappa shape index (κ2) is 6.38. The largest absolute Gasteiger partial charge is 0.349 e. The highest BCUT2D eigenvalue weighted by atomic mass is 16.7. The molecule has 0 saturated heterocycles. The molecule has 1 rings (SSSR count). The molecule has 0 saturated carbocycles. The average Bonchev–Trinajstić information content (AvgIpc) is 2.29. The van der Waals surface area contributed by atoms with Gasteiger partial charge in [0.2, 0.25) is 0 Å². The number of rotatable bonds is 6. The van der Waals surface area contributed by atoms with Crippen LogP contribution >= 0.6 is 0 Å². The molecule has 2 heteroatoms. The Morgan fingerprint density at radius 3 is 2.07 bits per heavy atom. The number of ether oxygens (including phenoxy) is 2. The van der Waals surface area contributed by atoms with Crippen LogP contribution in [0.15, 0.2) is 30.8 Å². The Kier molecular flexibility index (Phi) is 5.08. The number of hydrogen-bond acceptors (Lipinski definition) is 2. The average molecular weight is 206 g/mol. The van der Waals surface area contributed by atoms with Gasteiger partial charge in [0.15, 0.2) is 6.29 Å². The number of hydrogen-bond donors (Lipinski definition) is 0. The standard InChI is InChI=1S/C13H18O2/c1-4-11-7-9-12(10-8-11)13(14-5-2)15-6-3/h4,7-10,13H,1,5-6H2,2-3H3. The summed E-state index contributed by atoms with van der Waals surface area (Å²) in [5.41, 5.74) is 2.15. The summed E-state index contributed by atoms with van der Waals surface area (Å²) in [6.07, 6.45) is 1.57. The zero-order valence-corrected chi connectivity index (χ0v) is 9.40. The van der Waals surface area contributed by atoms with Gasteiger partial charge < -0.3 is 9.47 Å². The van der Waals surface area contributed by atoms with Crippen molar-refractivity contribution in [3.63, 3.8) is 0 Å². The van der Waals surface area contributed by atoms with Crippen LogP contribution in [0.25, 0.3) is 6.08 Å². The van der Waals surface area contributed by atoms with E-state index in [1.54, 1.807) is 0 Å². The fourth-order valence-corrected chi connectivity index (χ4v) is 1.33. The Labute approximate surface area is 91.5 Å². The topological polar surface area (TPSA) is 18.5 Å². The Morgan fingerprint density at radius 2 is 1.67 bits per heavy atom. The van der Waals surface area contributed by atoms with Gasteiger partial charge in [-0.25, -0.2) is 0 Å². The molecule has 1 aromatic carbocycles. The van der Waals surface area contributed by atoms with Crippen LogP contribution in [0, 0.1) is 0 Å². The molecule has 2 nitrogen and oxygen atoms in total. The monoisotopic (exact) mass is 206 g/mol. The van der Waals surface area contributed by atoms with E-state index in [0.717, 1.165) is 11.1 Å². The van der Waals surface area contributed by atoms with Crippen molar-refractivity contribution in [1.82, 2.24) is 0 Å². The van der Waals surface area contributed by atoms with E-state index in [9.17, 15) is 0 Å². The van der Waals surface area contributed by atoms with Crippen LogP contribution in [0.3, 0.4) is 0 Å². The zero-order valence-electron chi connectivity index (χ0n) is 9.40. The first-order valence-electron chi connectivity index (χ1n) is 5.27.